The molecule has 106 valence electrons. The molecule has 2 aromatic carbocycles. The monoisotopic (exact) mass is 269 g/mol. The fourth-order valence-corrected chi connectivity index (χ4v) is 2.37. The summed E-state index contributed by atoms with van der Waals surface area (Å²) in [5.74, 6) is 0.891. The van der Waals surface area contributed by atoms with Crippen LogP contribution >= 0.6 is 0 Å². The van der Waals surface area contributed by atoms with E-state index in [0.29, 0.717) is 6.61 Å². The first kappa shape index (κ1) is 14.6. The maximum absolute atomic E-state index is 6.05. The van der Waals surface area contributed by atoms with Crippen LogP contribution in [0.15, 0.2) is 36.4 Å². The zero-order valence-electron chi connectivity index (χ0n) is 12.7. The summed E-state index contributed by atoms with van der Waals surface area (Å²) in [7, 11) is 0. The summed E-state index contributed by atoms with van der Waals surface area (Å²) in [5.41, 5.74) is 12.0. The van der Waals surface area contributed by atoms with Gasteiger partial charge in [0, 0.05) is 11.6 Å². The van der Waals surface area contributed by atoms with Crippen LogP contribution in [0.3, 0.4) is 0 Å². The Bertz CT molecular complexity index is 582. The highest BCUT2D eigenvalue weighted by Crippen LogP contribution is 2.26. The lowest BCUT2D eigenvalue weighted by Gasteiger charge is -2.16. The highest BCUT2D eigenvalue weighted by Gasteiger charge is 2.10. The molecule has 2 heteroatoms. The van der Waals surface area contributed by atoms with Gasteiger partial charge in [-0.15, -0.1) is 0 Å². The van der Waals surface area contributed by atoms with Gasteiger partial charge in [-0.3, -0.25) is 0 Å². The smallest absolute Gasteiger partial charge is 0.124 e. The van der Waals surface area contributed by atoms with Crippen molar-refractivity contribution in [1.29, 1.82) is 0 Å². The summed E-state index contributed by atoms with van der Waals surface area (Å²) in [6, 6.07) is 12.5. The van der Waals surface area contributed by atoms with Gasteiger partial charge < -0.3 is 10.5 Å². The van der Waals surface area contributed by atoms with Crippen molar-refractivity contribution in [2.75, 3.05) is 0 Å². The molecule has 1 unspecified atom stereocenters. The summed E-state index contributed by atoms with van der Waals surface area (Å²) in [4.78, 5) is 0. The van der Waals surface area contributed by atoms with E-state index in [0.717, 1.165) is 11.3 Å². The summed E-state index contributed by atoms with van der Waals surface area (Å²) in [5, 5.41) is 0. The second-order valence-corrected chi connectivity index (χ2v) is 5.49. The van der Waals surface area contributed by atoms with E-state index in [1.165, 1.54) is 22.3 Å². The average molecular weight is 269 g/mol. The Labute approximate surface area is 121 Å². The van der Waals surface area contributed by atoms with Crippen LogP contribution in [0, 0.1) is 20.8 Å². The molecule has 0 aliphatic heterocycles. The SMILES string of the molecule is Cc1ccc(C(C)N)c(OCc2c(C)cccc2C)c1. The van der Waals surface area contributed by atoms with Crippen molar-refractivity contribution in [3.05, 3.63) is 64.2 Å². The first-order valence-corrected chi connectivity index (χ1v) is 7.03. The van der Waals surface area contributed by atoms with Crippen LogP contribution in [-0.2, 0) is 6.61 Å². The van der Waals surface area contributed by atoms with Crippen LogP contribution in [0.5, 0.6) is 5.75 Å². The standard InChI is InChI=1S/C18H23NO/c1-12-8-9-16(15(4)19)18(10-12)20-11-17-13(2)6-5-7-14(17)3/h5-10,15H,11,19H2,1-4H3. The summed E-state index contributed by atoms with van der Waals surface area (Å²) < 4.78 is 6.05. The first-order valence-electron chi connectivity index (χ1n) is 7.03. The van der Waals surface area contributed by atoms with Crippen LogP contribution < -0.4 is 10.5 Å². The van der Waals surface area contributed by atoms with E-state index in [-0.39, 0.29) is 6.04 Å². The van der Waals surface area contributed by atoms with Crippen molar-refractivity contribution >= 4 is 0 Å². The highest BCUT2D eigenvalue weighted by molar-refractivity contribution is 5.40. The minimum Gasteiger partial charge on any atom is -0.489 e. The van der Waals surface area contributed by atoms with E-state index in [1.54, 1.807) is 0 Å². The van der Waals surface area contributed by atoms with Gasteiger partial charge in [0.1, 0.15) is 12.4 Å². The first-order chi connectivity index (χ1) is 9.49. The van der Waals surface area contributed by atoms with E-state index in [2.05, 4.69) is 57.2 Å². The lowest BCUT2D eigenvalue weighted by molar-refractivity contribution is 0.300. The van der Waals surface area contributed by atoms with Crippen LogP contribution in [0.2, 0.25) is 0 Å². The molecule has 2 nitrogen and oxygen atoms in total. The Morgan fingerprint density at radius 3 is 2.30 bits per heavy atom. The zero-order valence-corrected chi connectivity index (χ0v) is 12.7. The molecule has 0 saturated heterocycles. The van der Waals surface area contributed by atoms with Gasteiger partial charge in [-0.05, 0) is 56.0 Å². The van der Waals surface area contributed by atoms with Crippen molar-refractivity contribution in [2.24, 2.45) is 5.73 Å². The molecule has 2 aromatic rings. The molecular formula is C18H23NO. The number of benzene rings is 2. The number of ether oxygens (including phenoxy) is 1. The average Bonchev–Trinajstić information content (AvgIpc) is 2.37. The van der Waals surface area contributed by atoms with Crippen molar-refractivity contribution in [2.45, 2.75) is 40.3 Å². The van der Waals surface area contributed by atoms with Crippen molar-refractivity contribution in [3.8, 4) is 5.75 Å². The number of nitrogens with two attached hydrogens (primary N) is 1. The lowest BCUT2D eigenvalue weighted by atomic mass is 10.0. The third kappa shape index (κ3) is 3.20. The molecule has 2 N–H and O–H groups in total. The van der Waals surface area contributed by atoms with Gasteiger partial charge in [0.25, 0.3) is 0 Å². The minimum atomic E-state index is -0.0245. The number of hydrogen-bond acceptors (Lipinski definition) is 2. The predicted octanol–water partition coefficient (Wildman–Crippen LogP) is 4.21. The lowest BCUT2D eigenvalue weighted by Crippen LogP contribution is -2.09. The number of rotatable bonds is 4. The topological polar surface area (TPSA) is 35.2 Å². The molecule has 20 heavy (non-hydrogen) atoms. The Morgan fingerprint density at radius 1 is 1.05 bits per heavy atom. The molecule has 0 heterocycles. The van der Waals surface area contributed by atoms with E-state index >= 15 is 0 Å². The summed E-state index contributed by atoms with van der Waals surface area (Å²) in [6.45, 7) is 8.87. The Hall–Kier alpha value is -1.80. The molecule has 0 bridgehead atoms. The fourth-order valence-electron chi connectivity index (χ4n) is 2.37. The Morgan fingerprint density at radius 2 is 1.70 bits per heavy atom. The molecule has 0 radical (unpaired) electrons. The third-order valence-electron chi connectivity index (χ3n) is 3.68. The normalized spacial score (nSPS) is 12.2. The maximum atomic E-state index is 6.05. The van der Waals surface area contributed by atoms with Crippen LogP contribution in [0.4, 0.5) is 0 Å². The molecule has 0 aliphatic rings. The molecule has 2 rings (SSSR count). The van der Waals surface area contributed by atoms with E-state index in [9.17, 15) is 0 Å². The number of aryl methyl sites for hydroxylation is 3. The highest BCUT2D eigenvalue weighted by atomic mass is 16.5. The van der Waals surface area contributed by atoms with Gasteiger partial charge in [0.05, 0.1) is 0 Å². The molecule has 0 saturated carbocycles. The predicted molar refractivity (Wildman–Crippen MR) is 84.0 cm³/mol. The largest absolute Gasteiger partial charge is 0.489 e. The van der Waals surface area contributed by atoms with Crippen molar-refractivity contribution < 1.29 is 4.74 Å². The Kier molecular flexibility index (Phi) is 4.46. The fraction of sp³-hybridized carbons (Fsp3) is 0.333. The van der Waals surface area contributed by atoms with Crippen molar-refractivity contribution in [3.63, 3.8) is 0 Å². The van der Waals surface area contributed by atoms with Crippen LogP contribution in [0.25, 0.3) is 0 Å². The van der Waals surface area contributed by atoms with Crippen LogP contribution in [-0.4, -0.2) is 0 Å². The second kappa shape index (κ2) is 6.10. The van der Waals surface area contributed by atoms with Crippen molar-refractivity contribution in [1.82, 2.24) is 0 Å². The molecule has 0 fully saturated rings. The van der Waals surface area contributed by atoms with Gasteiger partial charge in [-0.2, -0.15) is 0 Å². The third-order valence-corrected chi connectivity index (χ3v) is 3.68. The van der Waals surface area contributed by atoms with Crippen LogP contribution in [0.1, 0.15) is 40.8 Å². The molecular weight excluding hydrogens is 246 g/mol. The van der Waals surface area contributed by atoms with E-state index in [1.807, 2.05) is 6.92 Å². The minimum absolute atomic E-state index is 0.0245. The van der Waals surface area contributed by atoms with E-state index in [4.69, 9.17) is 10.5 Å². The summed E-state index contributed by atoms with van der Waals surface area (Å²) >= 11 is 0. The molecule has 0 amide bonds. The number of hydrogen-bond donors (Lipinski definition) is 1. The Balaban J connectivity index is 2.25. The van der Waals surface area contributed by atoms with Gasteiger partial charge in [0.2, 0.25) is 0 Å². The molecule has 0 aromatic heterocycles. The molecule has 0 aliphatic carbocycles. The molecule has 0 spiro atoms. The van der Waals surface area contributed by atoms with Gasteiger partial charge in [-0.1, -0.05) is 30.3 Å². The maximum Gasteiger partial charge on any atom is 0.124 e. The van der Waals surface area contributed by atoms with Gasteiger partial charge >= 0.3 is 0 Å². The summed E-state index contributed by atoms with van der Waals surface area (Å²) in [6.07, 6.45) is 0. The van der Waals surface area contributed by atoms with E-state index < -0.39 is 0 Å². The molecule has 1 atom stereocenters. The van der Waals surface area contributed by atoms with Gasteiger partial charge in [0.15, 0.2) is 0 Å². The second-order valence-electron chi connectivity index (χ2n) is 5.49. The zero-order chi connectivity index (χ0) is 14.7. The van der Waals surface area contributed by atoms with Gasteiger partial charge in [-0.25, -0.2) is 0 Å². The quantitative estimate of drug-likeness (QED) is 0.902.